The lowest BCUT2D eigenvalue weighted by Gasteiger charge is -2.16. The van der Waals surface area contributed by atoms with Gasteiger partial charge in [0.2, 0.25) is 5.91 Å². The molecule has 9 heteroatoms. The Kier molecular flexibility index (Phi) is 6.63. The number of amides is 2. The van der Waals surface area contributed by atoms with E-state index in [1.807, 2.05) is 18.2 Å². The van der Waals surface area contributed by atoms with Gasteiger partial charge in [0.05, 0.1) is 19.4 Å². The van der Waals surface area contributed by atoms with Crippen molar-refractivity contribution in [2.75, 3.05) is 20.2 Å². The quantitative estimate of drug-likeness (QED) is 0.565. The molecule has 3 rings (SSSR count). The van der Waals surface area contributed by atoms with Gasteiger partial charge in [-0.1, -0.05) is 35.5 Å². The molecule has 0 aliphatic heterocycles. The SMILES string of the molecule is Cc1onc(-c2ccccc2)c1C(=O)OCC(=O)N(C)CC(=O)NCc1ccco1. The van der Waals surface area contributed by atoms with E-state index >= 15 is 0 Å². The monoisotopic (exact) mass is 411 g/mol. The van der Waals surface area contributed by atoms with E-state index in [9.17, 15) is 14.4 Å². The summed E-state index contributed by atoms with van der Waals surface area (Å²) in [7, 11) is 1.45. The van der Waals surface area contributed by atoms with Gasteiger partial charge >= 0.3 is 5.97 Å². The maximum absolute atomic E-state index is 12.5. The Balaban J connectivity index is 1.52. The zero-order valence-corrected chi connectivity index (χ0v) is 16.6. The fraction of sp³-hybridized carbons (Fsp3) is 0.238. The van der Waals surface area contributed by atoms with Gasteiger partial charge in [-0.25, -0.2) is 4.79 Å². The molecule has 0 atom stereocenters. The molecule has 3 aromatic rings. The van der Waals surface area contributed by atoms with Crippen LogP contribution in [-0.2, 0) is 20.9 Å². The summed E-state index contributed by atoms with van der Waals surface area (Å²) >= 11 is 0. The standard InChI is InChI=1S/C21H21N3O6/c1-14-19(20(23-30-14)15-7-4-3-5-8-15)21(27)29-13-18(26)24(2)12-17(25)22-11-16-9-6-10-28-16/h3-10H,11-13H2,1-2H3,(H,22,25). The average Bonchev–Trinajstić information content (AvgIpc) is 3.40. The van der Waals surface area contributed by atoms with Gasteiger partial charge in [-0.05, 0) is 19.1 Å². The number of hydrogen-bond acceptors (Lipinski definition) is 7. The number of benzene rings is 1. The number of rotatable bonds is 8. The molecule has 0 bridgehead atoms. The van der Waals surface area contributed by atoms with Crippen LogP contribution in [0.5, 0.6) is 0 Å². The lowest BCUT2D eigenvalue weighted by Crippen LogP contribution is -2.39. The summed E-state index contributed by atoms with van der Waals surface area (Å²) in [6, 6.07) is 12.5. The summed E-state index contributed by atoms with van der Waals surface area (Å²) in [4.78, 5) is 37.9. The molecule has 0 saturated carbocycles. The van der Waals surface area contributed by atoms with E-state index in [0.717, 1.165) is 0 Å². The van der Waals surface area contributed by atoms with Crippen molar-refractivity contribution in [3.63, 3.8) is 0 Å². The molecule has 0 radical (unpaired) electrons. The first-order valence-electron chi connectivity index (χ1n) is 9.17. The van der Waals surface area contributed by atoms with Crippen molar-refractivity contribution in [1.29, 1.82) is 0 Å². The van der Waals surface area contributed by atoms with E-state index in [-0.39, 0.29) is 30.3 Å². The highest BCUT2D eigenvalue weighted by atomic mass is 16.5. The van der Waals surface area contributed by atoms with Crippen molar-refractivity contribution >= 4 is 17.8 Å². The van der Waals surface area contributed by atoms with Crippen molar-refractivity contribution in [2.24, 2.45) is 0 Å². The van der Waals surface area contributed by atoms with Crippen LogP contribution >= 0.6 is 0 Å². The first kappa shape index (κ1) is 20.8. The molecule has 1 N–H and O–H groups in total. The number of esters is 1. The number of carbonyl (C=O) groups excluding carboxylic acids is 3. The second-order valence-corrected chi connectivity index (χ2v) is 6.51. The molecule has 2 aromatic heterocycles. The molecule has 156 valence electrons. The molecule has 30 heavy (non-hydrogen) atoms. The Hall–Kier alpha value is -3.88. The zero-order chi connectivity index (χ0) is 21.5. The van der Waals surface area contributed by atoms with Crippen molar-refractivity contribution in [3.05, 3.63) is 65.8 Å². The third-order valence-corrected chi connectivity index (χ3v) is 4.29. The molecular weight excluding hydrogens is 390 g/mol. The molecule has 0 saturated heterocycles. The number of aryl methyl sites for hydroxylation is 1. The highest BCUT2D eigenvalue weighted by molar-refractivity contribution is 5.98. The van der Waals surface area contributed by atoms with Gasteiger partial charge in [0.1, 0.15) is 22.8 Å². The fourth-order valence-electron chi connectivity index (χ4n) is 2.67. The van der Waals surface area contributed by atoms with E-state index in [1.54, 1.807) is 31.2 Å². The van der Waals surface area contributed by atoms with E-state index in [4.69, 9.17) is 13.7 Å². The smallest absolute Gasteiger partial charge is 0.344 e. The zero-order valence-electron chi connectivity index (χ0n) is 16.6. The van der Waals surface area contributed by atoms with Gasteiger partial charge in [0.15, 0.2) is 6.61 Å². The molecule has 9 nitrogen and oxygen atoms in total. The van der Waals surface area contributed by atoms with Crippen molar-refractivity contribution in [3.8, 4) is 11.3 Å². The minimum absolute atomic E-state index is 0.160. The summed E-state index contributed by atoms with van der Waals surface area (Å²) in [5, 5.41) is 6.55. The van der Waals surface area contributed by atoms with Crippen LogP contribution in [0.4, 0.5) is 0 Å². The first-order chi connectivity index (χ1) is 14.5. The summed E-state index contributed by atoms with van der Waals surface area (Å²) in [6.45, 7) is 1.11. The highest BCUT2D eigenvalue weighted by Gasteiger charge is 2.24. The number of furan rings is 1. The molecule has 1 aromatic carbocycles. The summed E-state index contributed by atoms with van der Waals surface area (Å²) in [5.74, 6) is -0.722. The largest absolute Gasteiger partial charge is 0.467 e. The molecule has 0 fully saturated rings. The van der Waals surface area contributed by atoms with Gasteiger partial charge in [-0.15, -0.1) is 0 Å². The minimum atomic E-state index is -0.725. The van der Waals surface area contributed by atoms with Crippen LogP contribution in [0.25, 0.3) is 11.3 Å². The number of aromatic nitrogens is 1. The number of likely N-dealkylation sites (N-methyl/N-ethyl adjacent to an activating group) is 1. The Morgan fingerprint density at radius 1 is 1.13 bits per heavy atom. The second kappa shape index (κ2) is 9.55. The average molecular weight is 411 g/mol. The van der Waals surface area contributed by atoms with Crippen LogP contribution in [0.3, 0.4) is 0 Å². The summed E-state index contributed by atoms with van der Waals surface area (Å²) in [5.41, 5.74) is 1.20. The molecule has 2 heterocycles. The molecule has 0 spiro atoms. The van der Waals surface area contributed by atoms with Crippen molar-refractivity contribution < 1.29 is 28.1 Å². The topological polar surface area (TPSA) is 115 Å². The first-order valence-corrected chi connectivity index (χ1v) is 9.17. The summed E-state index contributed by atoms with van der Waals surface area (Å²) in [6.07, 6.45) is 1.51. The number of ether oxygens (including phenoxy) is 1. The van der Waals surface area contributed by atoms with E-state index < -0.39 is 18.5 Å². The van der Waals surface area contributed by atoms with Crippen LogP contribution in [-0.4, -0.2) is 48.0 Å². The van der Waals surface area contributed by atoms with Gasteiger partial charge in [0.25, 0.3) is 5.91 Å². The Bertz CT molecular complexity index is 1010. The van der Waals surface area contributed by atoms with Gasteiger partial charge < -0.3 is 23.9 Å². The van der Waals surface area contributed by atoms with Crippen molar-refractivity contribution in [2.45, 2.75) is 13.5 Å². The lowest BCUT2D eigenvalue weighted by atomic mass is 10.1. The Morgan fingerprint density at radius 3 is 2.60 bits per heavy atom. The number of carbonyl (C=O) groups is 3. The second-order valence-electron chi connectivity index (χ2n) is 6.51. The van der Waals surface area contributed by atoms with Crippen LogP contribution in [0.1, 0.15) is 21.9 Å². The fourth-order valence-corrected chi connectivity index (χ4v) is 2.67. The Labute approximate surface area is 172 Å². The lowest BCUT2D eigenvalue weighted by molar-refractivity contribution is -0.137. The predicted molar refractivity (Wildman–Crippen MR) is 105 cm³/mol. The van der Waals surface area contributed by atoms with Crippen LogP contribution in [0.15, 0.2) is 57.7 Å². The van der Waals surface area contributed by atoms with Crippen LogP contribution in [0.2, 0.25) is 0 Å². The minimum Gasteiger partial charge on any atom is -0.467 e. The molecule has 0 aliphatic rings. The number of nitrogens with one attached hydrogen (secondary N) is 1. The highest BCUT2D eigenvalue weighted by Crippen LogP contribution is 2.25. The van der Waals surface area contributed by atoms with Gasteiger partial charge in [0, 0.05) is 12.6 Å². The molecule has 0 unspecified atom stereocenters. The predicted octanol–water partition coefficient (Wildman–Crippen LogP) is 2.17. The molecule has 2 amide bonds. The van der Waals surface area contributed by atoms with E-state index in [2.05, 4.69) is 10.5 Å². The van der Waals surface area contributed by atoms with E-state index in [0.29, 0.717) is 17.0 Å². The third-order valence-electron chi connectivity index (χ3n) is 4.29. The van der Waals surface area contributed by atoms with E-state index in [1.165, 1.54) is 18.2 Å². The maximum Gasteiger partial charge on any atom is 0.344 e. The van der Waals surface area contributed by atoms with Crippen LogP contribution < -0.4 is 5.32 Å². The van der Waals surface area contributed by atoms with Gasteiger partial charge in [-0.3, -0.25) is 9.59 Å². The van der Waals surface area contributed by atoms with Crippen LogP contribution in [0, 0.1) is 6.92 Å². The maximum atomic E-state index is 12.5. The number of nitrogens with zero attached hydrogens (tertiary/aromatic N) is 2. The van der Waals surface area contributed by atoms with Crippen molar-refractivity contribution in [1.82, 2.24) is 15.4 Å². The molecular formula is C21H21N3O6. The Morgan fingerprint density at radius 2 is 1.90 bits per heavy atom. The summed E-state index contributed by atoms with van der Waals surface area (Å²) < 4.78 is 15.4. The normalized spacial score (nSPS) is 10.5. The van der Waals surface area contributed by atoms with Gasteiger partial charge in [-0.2, -0.15) is 0 Å². The molecule has 0 aliphatic carbocycles. The number of hydrogen-bond donors (Lipinski definition) is 1. The third kappa shape index (κ3) is 5.13.